The maximum Gasteiger partial charge on any atom is 0.306 e. The highest BCUT2D eigenvalue weighted by molar-refractivity contribution is 5.86. The number of esters is 1. The van der Waals surface area contributed by atoms with Gasteiger partial charge < -0.3 is 19.1 Å². The Bertz CT molecular complexity index is 669. The predicted molar refractivity (Wildman–Crippen MR) is 87.4 cm³/mol. The van der Waals surface area contributed by atoms with Crippen LogP contribution in [0.25, 0.3) is 0 Å². The zero-order chi connectivity index (χ0) is 18.2. The number of rotatable bonds is 5. The maximum atomic E-state index is 12.9. The highest BCUT2D eigenvalue weighted by Gasteiger charge is 2.38. The maximum absolute atomic E-state index is 12.9. The summed E-state index contributed by atoms with van der Waals surface area (Å²) < 4.78 is 18.3. The molecule has 2 saturated heterocycles. The van der Waals surface area contributed by atoms with Crippen molar-refractivity contribution in [2.45, 2.75) is 58.2 Å². The molecule has 1 aromatic heterocycles. The minimum Gasteiger partial charge on any atom is -0.452 e. The number of carbonyl (C=O) groups is 2. The first kappa shape index (κ1) is 17.9. The molecule has 3 heterocycles. The normalized spacial score (nSPS) is 25.2. The van der Waals surface area contributed by atoms with Gasteiger partial charge in [-0.1, -0.05) is 0 Å². The van der Waals surface area contributed by atoms with Gasteiger partial charge in [-0.25, -0.2) is 0 Å². The molecule has 2 aliphatic rings. The van der Waals surface area contributed by atoms with Gasteiger partial charge in [0.25, 0.3) is 5.91 Å². The molecule has 0 unspecified atom stereocenters. The molecule has 25 heavy (non-hydrogen) atoms. The molecule has 0 saturated carbocycles. The summed E-state index contributed by atoms with van der Waals surface area (Å²) >= 11 is 0. The Morgan fingerprint density at radius 3 is 2.76 bits per heavy atom. The van der Waals surface area contributed by atoms with Crippen molar-refractivity contribution in [1.82, 2.24) is 14.7 Å². The van der Waals surface area contributed by atoms with Crippen LogP contribution in [0.2, 0.25) is 0 Å². The van der Waals surface area contributed by atoms with E-state index in [1.54, 1.807) is 9.58 Å². The Hall–Kier alpha value is -1.93. The van der Waals surface area contributed by atoms with Gasteiger partial charge >= 0.3 is 5.97 Å². The summed E-state index contributed by atoms with van der Waals surface area (Å²) in [4.78, 5) is 25.9. The second kappa shape index (κ2) is 6.76. The van der Waals surface area contributed by atoms with Gasteiger partial charge in [0.2, 0.25) is 0 Å². The fourth-order valence-electron chi connectivity index (χ4n) is 3.24. The molecule has 1 aromatic rings. The lowest BCUT2D eigenvalue weighted by Crippen LogP contribution is -2.44. The molecule has 0 spiro atoms. The third-order valence-corrected chi connectivity index (χ3v) is 4.41. The van der Waals surface area contributed by atoms with E-state index in [9.17, 15) is 9.59 Å². The third-order valence-electron chi connectivity index (χ3n) is 4.41. The van der Waals surface area contributed by atoms with Crippen LogP contribution >= 0.6 is 0 Å². The van der Waals surface area contributed by atoms with E-state index in [2.05, 4.69) is 5.10 Å². The quantitative estimate of drug-likeness (QED) is 0.734. The number of aromatic nitrogens is 2. The second-order valence-corrected chi connectivity index (χ2v) is 7.09. The van der Waals surface area contributed by atoms with Gasteiger partial charge in [-0.2, -0.15) is 5.10 Å². The van der Waals surface area contributed by atoms with Crippen molar-refractivity contribution in [3.8, 4) is 0 Å². The Morgan fingerprint density at radius 1 is 1.48 bits per heavy atom. The summed E-state index contributed by atoms with van der Waals surface area (Å²) in [6.07, 6.45) is -0.223. The van der Waals surface area contributed by atoms with Crippen molar-refractivity contribution < 1.29 is 23.8 Å². The van der Waals surface area contributed by atoms with Gasteiger partial charge in [-0.05, 0) is 26.8 Å². The topological polar surface area (TPSA) is 82.9 Å². The van der Waals surface area contributed by atoms with Crippen LogP contribution in [0.3, 0.4) is 0 Å². The van der Waals surface area contributed by atoms with Crippen molar-refractivity contribution in [2.24, 2.45) is 7.05 Å². The van der Waals surface area contributed by atoms with Crippen molar-refractivity contribution in [3.05, 3.63) is 17.5 Å². The van der Waals surface area contributed by atoms with Gasteiger partial charge in [0.1, 0.15) is 6.10 Å². The highest BCUT2D eigenvalue weighted by Crippen LogP contribution is 2.24. The lowest BCUT2D eigenvalue weighted by atomic mass is 10.2. The molecule has 8 nitrogen and oxygen atoms in total. The SMILES string of the molecule is Cc1cc(CN(C[C@H]2COC(C)(C)O2)C(=O)[C@@H]2CCC(=O)O2)n(C)n1. The van der Waals surface area contributed by atoms with Gasteiger partial charge in [0.15, 0.2) is 11.9 Å². The van der Waals surface area contributed by atoms with E-state index in [0.29, 0.717) is 26.1 Å². The molecular weight excluding hydrogens is 326 g/mol. The average Bonchev–Trinajstić information content (AvgIpc) is 3.18. The van der Waals surface area contributed by atoms with Gasteiger partial charge in [-0.15, -0.1) is 0 Å². The fraction of sp³-hybridized carbons (Fsp3) is 0.706. The molecule has 0 aliphatic carbocycles. The molecule has 0 aromatic carbocycles. The lowest BCUT2D eigenvalue weighted by molar-refractivity contribution is -0.157. The first-order valence-corrected chi connectivity index (χ1v) is 8.53. The number of nitrogens with zero attached hydrogens (tertiary/aromatic N) is 3. The van der Waals surface area contributed by atoms with E-state index >= 15 is 0 Å². The van der Waals surface area contributed by atoms with Crippen molar-refractivity contribution in [2.75, 3.05) is 13.2 Å². The summed E-state index contributed by atoms with van der Waals surface area (Å²) in [6.45, 7) is 6.78. The molecule has 138 valence electrons. The second-order valence-electron chi connectivity index (χ2n) is 7.09. The first-order chi connectivity index (χ1) is 11.7. The predicted octanol–water partition coefficient (Wildman–Crippen LogP) is 0.914. The lowest BCUT2D eigenvalue weighted by Gasteiger charge is -2.27. The standard InChI is InChI=1S/C17H25N3O5/c1-11-7-12(19(4)18-11)8-20(9-13-10-23-17(2,3)25-13)16(22)14-5-6-15(21)24-14/h7,13-14H,5-6,8-10H2,1-4H3/t13-,14-/m0/s1. The molecule has 0 radical (unpaired) electrons. The first-order valence-electron chi connectivity index (χ1n) is 8.53. The van der Waals surface area contributed by atoms with Crippen LogP contribution in [-0.4, -0.2) is 57.7 Å². The van der Waals surface area contributed by atoms with Crippen LogP contribution in [0.1, 0.15) is 38.1 Å². The number of cyclic esters (lactones) is 1. The Kier molecular flexibility index (Phi) is 4.83. The van der Waals surface area contributed by atoms with E-state index in [0.717, 1.165) is 11.4 Å². The summed E-state index contributed by atoms with van der Waals surface area (Å²) in [5.74, 6) is -1.17. The molecule has 8 heteroatoms. The summed E-state index contributed by atoms with van der Waals surface area (Å²) in [7, 11) is 1.85. The molecule has 0 bridgehead atoms. The van der Waals surface area contributed by atoms with Crippen molar-refractivity contribution >= 4 is 11.9 Å². The van der Waals surface area contributed by atoms with Crippen molar-refractivity contribution in [3.63, 3.8) is 0 Å². The van der Waals surface area contributed by atoms with E-state index < -0.39 is 11.9 Å². The van der Waals surface area contributed by atoms with Gasteiger partial charge in [-0.3, -0.25) is 14.3 Å². The minimum atomic E-state index is -0.711. The van der Waals surface area contributed by atoms with Gasteiger partial charge in [0, 0.05) is 26.4 Å². The Labute approximate surface area is 147 Å². The molecule has 2 atom stereocenters. The molecule has 1 amide bonds. The van der Waals surface area contributed by atoms with Crippen molar-refractivity contribution in [1.29, 1.82) is 0 Å². The molecular formula is C17H25N3O5. The van der Waals surface area contributed by atoms with Crippen LogP contribution < -0.4 is 0 Å². The van der Waals surface area contributed by atoms with Gasteiger partial charge in [0.05, 0.1) is 24.5 Å². The summed E-state index contributed by atoms with van der Waals surface area (Å²) in [5, 5.41) is 4.33. The fourth-order valence-corrected chi connectivity index (χ4v) is 3.24. The highest BCUT2D eigenvalue weighted by atomic mass is 16.7. The number of aryl methyl sites for hydroxylation is 2. The number of carbonyl (C=O) groups excluding carboxylic acids is 2. The minimum absolute atomic E-state index is 0.196. The van der Waals surface area contributed by atoms with E-state index in [-0.39, 0.29) is 24.4 Å². The molecule has 0 N–H and O–H groups in total. The van der Waals surface area contributed by atoms with E-state index in [4.69, 9.17) is 14.2 Å². The number of ether oxygens (including phenoxy) is 3. The van der Waals surface area contributed by atoms with Crippen LogP contribution in [0.15, 0.2) is 6.07 Å². The average molecular weight is 351 g/mol. The zero-order valence-corrected chi connectivity index (χ0v) is 15.2. The van der Waals surface area contributed by atoms with Crippen LogP contribution in [0.5, 0.6) is 0 Å². The van der Waals surface area contributed by atoms with Crippen LogP contribution in [-0.2, 0) is 37.4 Å². The summed E-state index contributed by atoms with van der Waals surface area (Å²) in [5.41, 5.74) is 1.80. The monoisotopic (exact) mass is 351 g/mol. The molecule has 2 fully saturated rings. The smallest absolute Gasteiger partial charge is 0.306 e. The number of hydrogen-bond donors (Lipinski definition) is 0. The van der Waals surface area contributed by atoms with E-state index in [1.807, 2.05) is 33.9 Å². The molecule has 3 rings (SSSR count). The molecule has 2 aliphatic heterocycles. The third kappa shape index (κ3) is 4.19. The number of hydrogen-bond acceptors (Lipinski definition) is 6. The largest absolute Gasteiger partial charge is 0.452 e. The summed E-state index contributed by atoms with van der Waals surface area (Å²) in [6, 6.07) is 1.94. The number of amides is 1. The van der Waals surface area contributed by atoms with Crippen LogP contribution in [0.4, 0.5) is 0 Å². The van der Waals surface area contributed by atoms with Crippen LogP contribution in [0, 0.1) is 6.92 Å². The van der Waals surface area contributed by atoms with E-state index in [1.165, 1.54) is 0 Å². The zero-order valence-electron chi connectivity index (χ0n) is 15.2. The Balaban J connectivity index is 1.74. The Morgan fingerprint density at radius 2 is 2.24 bits per heavy atom.